The zero-order valence-electron chi connectivity index (χ0n) is 33.9. The van der Waals surface area contributed by atoms with Crippen molar-refractivity contribution in [2.24, 2.45) is 0 Å². The molecule has 7 aromatic rings. The van der Waals surface area contributed by atoms with Crippen LogP contribution in [0.1, 0.15) is 0 Å². The van der Waals surface area contributed by atoms with Crippen LogP contribution in [0.15, 0.2) is 224 Å². The third-order valence-electron chi connectivity index (χ3n) is 11.4. The van der Waals surface area contributed by atoms with Gasteiger partial charge in [-0.2, -0.15) is 0 Å². The first kappa shape index (κ1) is 41.3. The van der Waals surface area contributed by atoms with Crippen molar-refractivity contribution in [2.75, 3.05) is 0 Å². The average molecular weight is 1030 g/mol. The van der Waals surface area contributed by atoms with Gasteiger partial charge in [-0.1, -0.05) is 0 Å². The first-order valence-corrected chi connectivity index (χ1v) is 36.6. The summed E-state index contributed by atoms with van der Waals surface area (Å²) in [6.07, 6.45) is 0. The predicted molar refractivity (Wildman–Crippen MR) is 252 cm³/mol. The first-order valence-electron chi connectivity index (χ1n) is 20.7. The summed E-state index contributed by atoms with van der Waals surface area (Å²) in [5.41, 5.74) is 0. The molecule has 318 valence electrons. The van der Waals surface area contributed by atoms with Crippen LogP contribution in [-0.2, 0) is 47.4 Å². The molecule has 0 saturated carbocycles. The number of hydrogen-bond acceptors (Lipinski definition) is 12. The van der Waals surface area contributed by atoms with Gasteiger partial charge in [-0.25, -0.2) is 0 Å². The third-order valence-corrected chi connectivity index (χ3v) is 51.2. The van der Waals surface area contributed by atoms with Gasteiger partial charge in [0.25, 0.3) is 0 Å². The summed E-state index contributed by atoms with van der Waals surface area (Å²) in [7, 11) is -32.6. The summed E-state index contributed by atoms with van der Waals surface area (Å²) >= 11 is -5.37. The molecular formula is C44H38GeO12Si7. The summed E-state index contributed by atoms with van der Waals surface area (Å²) in [5.74, 6) is 0. The second kappa shape index (κ2) is 15.5. The molecule has 6 saturated heterocycles. The normalized spacial score (nSPS) is 35.0. The Morgan fingerprint density at radius 1 is 0.250 bits per heavy atom. The van der Waals surface area contributed by atoms with Gasteiger partial charge in [-0.05, 0) is 0 Å². The molecule has 0 aliphatic carbocycles. The number of benzene rings is 7. The number of hydrogen-bond donors (Lipinski definition) is 0. The fraction of sp³-hybridized carbons (Fsp3) is 0. The molecule has 0 atom stereocenters. The Bertz CT molecular complexity index is 2530. The Kier molecular flexibility index (Phi) is 9.98. The van der Waals surface area contributed by atoms with E-state index < -0.39 is 75.9 Å². The first-order chi connectivity index (χ1) is 31.3. The molecule has 0 N–H and O–H groups in total. The standard InChI is InChI=1S/C44H38GeO12Si7/c1-2-45-46-58(38-24-10-3-11-25-38)49-61(41-30-16-6-17-31-41)51-59(47-45,39-26-12-4-13-27-39)53-63(43-34-20-8-21-35-43)54-60(48-45,40-28-14-5-15-29-40)52-62(50-58,42-32-18-7-19-33-42)56-64(55-61,57-63)44-36-22-9-23-37-44/h2-37H,1H2. The van der Waals surface area contributed by atoms with Crippen LogP contribution >= 0.6 is 0 Å². The van der Waals surface area contributed by atoms with Crippen LogP contribution in [0, 0.1) is 0 Å². The van der Waals surface area contributed by atoms with E-state index in [2.05, 4.69) is 6.58 Å². The molecule has 0 amide bonds. The number of rotatable bonds is 8. The third kappa shape index (κ3) is 6.56. The SMILES string of the molecule is C=[CH][Ge]12[O][Si]3(c4ccccc4)O[Si]4(c5ccccc5)O[Si]5(c6ccccc6)O[Si](c6ccccc6)(O3)O[Si](c3ccccc3)(O[Si](c3ccccc3)(O5)O[Si](c3ccccc3)(O4)[O]1)[O]2. The van der Waals surface area contributed by atoms with Gasteiger partial charge in [-0.3, -0.25) is 0 Å². The molecule has 0 spiro atoms. The summed E-state index contributed by atoms with van der Waals surface area (Å²) in [5, 5.41) is 3.99. The molecule has 0 unspecified atom stereocenters. The van der Waals surface area contributed by atoms with Gasteiger partial charge in [0.2, 0.25) is 0 Å². The zero-order valence-corrected chi connectivity index (χ0v) is 43.0. The summed E-state index contributed by atoms with van der Waals surface area (Å²) in [4.78, 5) is 1.61. The Morgan fingerprint density at radius 3 is 0.578 bits per heavy atom. The average Bonchev–Trinajstić information content (AvgIpc) is 3.33. The van der Waals surface area contributed by atoms with Crippen LogP contribution in [0.25, 0.3) is 0 Å². The van der Waals surface area contributed by atoms with E-state index in [1.807, 2.05) is 212 Å². The molecule has 6 aliphatic rings. The summed E-state index contributed by atoms with van der Waals surface area (Å²) in [6, 6.07) is 66.8. The quantitative estimate of drug-likeness (QED) is 0.209. The Balaban J connectivity index is 1.30. The van der Waals surface area contributed by atoms with E-state index in [4.69, 9.17) is 47.4 Å². The molecule has 20 heteroatoms. The van der Waals surface area contributed by atoms with Crippen molar-refractivity contribution in [2.45, 2.75) is 0 Å². The van der Waals surface area contributed by atoms with E-state index in [0.29, 0.717) is 36.3 Å². The van der Waals surface area contributed by atoms with Crippen LogP contribution in [0.4, 0.5) is 0 Å². The van der Waals surface area contributed by atoms with Crippen molar-refractivity contribution >= 4 is 112 Å². The molecule has 0 radical (unpaired) electrons. The van der Waals surface area contributed by atoms with E-state index in [1.54, 1.807) is 4.91 Å². The van der Waals surface area contributed by atoms with Crippen molar-refractivity contribution < 1.29 is 47.4 Å². The molecule has 64 heavy (non-hydrogen) atoms. The van der Waals surface area contributed by atoms with Crippen LogP contribution in [0.3, 0.4) is 0 Å². The van der Waals surface area contributed by atoms with Crippen molar-refractivity contribution in [1.82, 2.24) is 0 Å². The second-order valence-electron chi connectivity index (χ2n) is 15.5. The predicted octanol–water partition coefficient (Wildman–Crippen LogP) is 2.84. The molecule has 6 fully saturated rings. The van der Waals surface area contributed by atoms with Gasteiger partial charge in [-0.15, -0.1) is 0 Å². The topological polar surface area (TPSA) is 111 Å². The fourth-order valence-electron chi connectivity index (χ4n) is 8.51. The summed E-state index contributed by atoms with van der Waals surface area (Å²) in [6.45, 7) is 4.41. The van der Waals surface area contributed by atoms with Crippen molar-refractivity contribution in [3.8, 4) is 0 Å². The van der Waals surface area contributed by atoms with Crippen LogP contribution < -0.4 is 36.3 Å². The molecule has 12 nitrogen and oxygen atoms in total. The monoisotopic (exact) mass is 1030 g/mol. The van der Waals surface area contributed by atoms with Crippen LogP contribution in [-0.4, -0.2) is 75.9 Å². The molecule has 13 rings (SSSR count). The van der Waals surface area contributed by atoms with Gasteiger partial charge < -0.3 is 0 Å². The van der Waals surface area contributed by atoms with Crippen LogP contribution in [0.5, 0.6) is 0 Å². The van der Waals surface area contributed by atoms with Crippen molar-refractivity contribution in [1.29, 1.82) is 0 Å². The van der Waals surface area contributed by atoms with Crippen molar-refractivity contribution in [3.63, 3.8) is 0 Å². The van der Waals surface area contributed by atoms with E-state index in [-0.39, 0.29) is 0 Å². The van der Waals surface area contributed by atoms with Gasteiger partial charge in [0.15, 0.2) is 0 Å². The molecule has 8 bridgehead atoms. The Labute approximate surface area is 381 Å². The maximum atomic E-state index is 8.01. The van der Waals surface area contributed by atoms with Gasteiger partial charge >= 0.3 is 383 Å². The summed E-state index contributed by atoms with van der Waals surface area (Å²) < 4.78 is 95.1. The van der Waals surface area contributed by atoms with E-state index in [9.17, 15) is 0 Å². The minimum atomic E-state index is -5.37. The zero-order chi connectivity index (χ0) is 43.0. The van der Waals surface area contributed by atoms with E-state index in [0.717, 1.165) is 0 Å². The second-order valence-corrected chi connectivity index (χ2v) is 42.5. The van der Waals surface area contributed by atoms with Gasteiger partial charge in [0.1, 0.15) is 0 Å². The van der Waals surface area contributed by atoms with Gasteiger partial charge in [0, 0.05) is 0 Å². The van der Waals surface area contributed by atoms with E-state index in [1.165, 1.54) is 0 Å². The maximum absolute atomic E-state index is 8.01. The molecule has 7 aromatic carbocycles. The Hall–Kier alpha value is -4.14. The minimum absolute atomic E-state index is 0.570. The van der Waals surface area contributed by atoms with Gasteiger partial charge in [0.05, 0.1) is 0 Å². The van der Waals surface area contributed by atoms with E-state index >= 15 is 0 Å². The molecule has 0 aromatic heterocycles. The molecular weight excluding hydrogens is 990 g/mol. The van der Waals surface area contributed by atoms with Crippen molar-refractivity contribution in [3.05, 3.63) is 224 Å². The fourth-order valence-corrected chi connectivity index (χ4v) is 63.2. The molecule has 6 aliphatic heterocycles. The molecule has 6 heterocycles. The Morgan fingerprint density at radius 2 is 0.406 bits per heavy atom. The van der Waals surface area contributed by atoms with Crippen LogP contribution in [0.2, 0.25) is 0 Å².